The van der Waals surface area contributed by atoms with Crippen molar-refractivity contribution in [2.45, 2.75) is 20.8 Å². The van der Waals surface area contributed by atoms with Crippen molar-refractivity contribution in [1.29, 1.82) is 0 Å². The van der Waals surface area contributed by atoms with Crippen LogP contribution in [0.15, 0.2) is 5.16 Å². The largest absolute Gasteiger partial charge is 0.475 e. The molecular weight excluding hydrogens is 130 g/mol. The van der Waals surface area contributed by atoms with Gasteiger partial charge in [0.15, 0.2) is 6.61 Å². The molecule has 0 aromatic carbocycles. The molecule has 0 aromatic rings. The predicted octanol–water partition coefficient (Wildman–Crippen LogP) is 1.39. The third-order valence-corrected chi connectivity index (χ3v) is 1.20. The summed E-state index contributed by atoms with van der Waals surface area (Å²) < 4.78 is 5.27. The summed E-state index contributed by atoms with van der Waals surface area (Å²) in [7, 11) is 0. The van der Waals surface area contributed by atoms with E-state index in [9.17, 15) is 0 Å². The monoisotopic (exact) mass is 143 g/mol. The van der Waals surface area contributed by atoms with Crippen molar-refractivity contribution in [3.63, 3.8) is 0 Å². The quantitative estimate of drug-likeness (QED) is 0.513. The molecule has 0 spiro atoms. The molecule has 0 radical (unpaired) electrons. The Labute approximate surface area is 61.0 Å². The van der Waals surface area contributed by atoms with Crippen molar-refractivity contribution in [3.8, 4) is 0 Å². The molecule has 3 heteroatoms. The Morgan fingerprint density at radius 1 is 1.30 bits per heavy atom. The van der Waals surface area contributed by atoms with Gasteiger partial charge in [0.25, 0.3) is 0 Å². The third kappa shape index (κ3) is 1.62. The van der Waals surface area contributed by atoms with Crippen LogP contribution in [0.25, 0.3) is 0 Å². The number of hydrogen-bond acceptors (Lipinski definition) is 3. The Morgan fingerprint density at radius 2 is 2.00 bits per heavy atom. The van der Waals surface area contributed by atoms with Crippen LogP contribution in [0.1, 0.15) is 20.8 Å². The van der Waals surface area contributed by atoms with Crippen molar-refractivity contribution >= 4 is 5.90 Å². The van der Waals surface area contributed by atoms with Gasteiger partial charge in [0.05, 0.1) is 0 Å². The van der Waals surface area contributed by atoms with E-state index in [1.165, 1.54) is 0 Å². The summed E-state index contributed by atoms with van der Waals surface area (Å²) >= 11 is 0. The van der Waals surface area contributed by atoms with Gasteiger partial charge in [0.2, 0.25) is 5.90 Å². The highest BCUT2D eigenvalue weighted by Crippen LogP contribution is 2.18. The Kier molecular flexibility index (Phi) is 1.83. The van der Waals surface area contributed by atoms with Gasteiger partial charge in [0, 0.05) is 5.41 Å². The smallest absolute Gasteiger partial charge is 0.231 e. The van der Waals surface area contributed by atoms with E-state index in [4.69, 9.17) is 9.57 Å². The molecule has 1 aliphatic heterocycles. The van der Waals surface area contributed by atoms with Crippen LogP contribution in [0.4, 0.5) is 0 Å². The van der Waals surface area contributed by atoms with Gasteiger partial charge in [-0.25, -0.2) is 0 Å². The van der Waals surface area contributed by atoms with Crippen LogP contribution in [-0.2, 0) is 9.57 Å². The summed E-state index contributed by atoms with van der Waals surface area (Å²) in [6.45, 7) is 7.32. The maximum atomic E-state index is 5.27. The van der Waals surface area contributed by atoms with E-state index in [0.29, 0.717) is 19.1 Å². The zero-order chi connectivity index (χ0) is 7.61. The van der Waals surface area contributed by atoms with Crippen LogP contribution in [-0.4, -0.2) is 19.1 Å². The van der Waals surface area contributed by atoms with E-state index in [-0.39, 0.29) is 5.41 Å². The molecule has 0 amide bonds. The number of nitrogens with zero attached hydrogens (tertiary/aromatic N) is 1. The fraction of sp³-hybridized carbons (Fsp3) is 0.857. The first-order valence-corrected chi connectivity index (χ1v) is 3.44. The molecule has 58 valence electrons. The maximum Gasteiger partial charge on any atom is 0.231 e. The van der Waals surface area contributed by atoms with Gasteiger partial charge in [-0.05, 0) is 0 Å². The number of rotatable bonds is 0. The second-order valence-corrected chi connectivity index (χ2v) is 3.33. The molecule has 0 fully saturated rings. The first kappa shape index (κ1) is 7.38. The summed E-state index contributed by atoms with van der Waals surface area (Å²) in [4.78, 5) is 4.87. The predicted molar refractivity (Wildman–Crippen MR) is 38.8 cm³/mol. The summed E-state index contributed by atoms with van der Waals surface area (Å²) in [5.41, 5.74) is -0.0274. The minimum absolute atomic E-state index is 0.0274. The van der Waals surface area contributed by atoms with Crippen LogP contribution in [0.3, 0.4) is 0 Å². The average molecular weight is 143 g/mol. The second-order valence-electron chi connectivity index (χ2n) is 3.33. The maximum absolute atomic E-state index is 5.27. The topological polar surface area (TPSA) is 30.8 Å². The SMILES string of the molecule is CC(C)(C)C1=NOCCO1. The van der Waals surface area contributed by atoms with E-state index in [1.54, 1.807) is 0 Å². The number of ether oxygens (including phenoxy) is 1. The van der Waals surface area contributed by atoms with Crippen LogP contribution in [0.2, 0.25) is 0 Å². The van der Waals surface area contributed by atoms with E-state index >= 15 is 0 Å². The molecule has 0 saturated carbocycles. The van der Waals surface area contributed by atoms with Gasteiger partial charge < -0.3 is 9.57 Å². The zero-order valence-corrected chi connectivity index (χ0v) is 6.68. The van der Waals surface area contributed by atoms with E-state index in [1.807, 2.05) is 20.8 Å². The highest BCUT2D eigenvalue weighted by atomic mass is 16.7. The first-order valence-electron chi connectivity index (χ1n) is 3.44. The summed E-state index contributed by atoms with van der Waals surface area (Å²) in [6, 6.07) is 0. The van der Waals surface area contributed by atoms with E-state index < -0.39 is 0 Å². The highest BCUT2D eigenvalue weighted by molar-refractivity contribution is 5.81. The highest BCUT2D eigenvalue weighted by Gasteiger charge is 2.23. The Balaban J connectivity index is 2.62. The Hall–Kier alpha value is -0.730. The van der Waals surface area contributed by atoms with Gasteiger partial charge in [-0.2, -0.15) is 0 Å². The number of hydrogen-bond donors (Lipinski definition) is 0. The average Bonchev–Trinajstić information content (AvgIpc) is 1.88. The standard InChI is InChI=1S/C7H13NO2/c1-7(2,3)6-8-10-5-4-9-6/h4-5H2,1-3H3. The molecule has 1 aliphatic rings. The molecule has 1 heterocycles. The van der Waals surface area contributed by atoms with Crippen molar-refractivity contribution < 1.29 is 9.57 Å². The fourth-order valence-corrected chi connectivity index (χ4v) is 0.660. The molecular formula is C7H13NO2. The lowest BCUT2D eigenvalue weighted by Gasteiger charge is -2.23. The number of oxime groups is 1. The van der Waals surface area contributed by atoms with Crippen LogP contribution in [0, 0.1) is 5.41 Å². The Morgan fingerprint density at radius 3 is 2.30 bits per heavy atom. The van der Waals surface area contributed by atoms with Crippen molar-refractivity contribution in [2.24, 2.45) is 10.6 Å². The van der Waals surface area contributed by atoms with E-state index in [0.717, 1.165) is 0 Å². The molecule has 0 unspecified atom stereocenters. The first-order chi connectivity index (χ1) is 4.61. The van der Waals surface area contributed by atoms with Gasteiger partial charge >= 0.3 is 0 Å². The lowest BCUT2D eigenvalue weighted by molar-refractivity contribution is 0.0527. The minimum Gasteiger partial charge on any atom is -0.475 e. The van der Waals surface area contributed by atoms with E-state index in [2.05, 4.69) is 5.16 Å². The van der Waals surface area contributed by atoms with Gasteiger partial charge in [0.1, 0.15) is 6.61 Å². The Bertz CT molecular complexity index is 146. The molecule has 0 atom stereocenters. The lowest BCUT2D eigenvalue weighted by Crippen LogP contribution is -2.28. The molecule has 0 aliphatic carbocycles. The summed E-state index contributed by atoms with van der Waals surface area (Å²) in [5, 5.41) is 3.80. The lowest BCUT2D eigenvalue weighted by atomic mass is 9.97. The fourth-order valence-electron chi connectivity index (χ4n) is 0.660. The summed E-state index contributed by atoms with van der Waals surface area (Å²) in [5.74, 6) is 0.693. The summed E-state index contributed by atoms with van der Waals surface area (Å²) in [6.07, 6.45) is 0. The third-order valence-electron chi connectivity index (χ3n) is 1.20. The van der Waals surface area contributed by atoms with Gasteiger partial charge in [-0.15, -0.1) is 0 Å². The minimum atomic E-state index is -0.0274. The van der Waals surface area contributed by atoms with Crippen LogP contribution >= 0.6 is 0 Å². The molecule has 3 nitrogen and oxygen atoms in total. The normalized spacial score (nSPS) is 18.9. The van der Waals surface area contributed by atoms with Gasteiger partial charge in [-0.3, -0.25) is 0 Å². The molecule has 10 heavy (non-hydrogen) atoms. The van der Waals surface area contributed by atoms with Crippen LogP contribution in [0.5, 0.6) is 0 Å². The van der Waals surface area contributed by atoms with Gasteiger partial charge in [-0.1, -0.05) is 25.9 Å². The van der Waals surface area contributed by atoms with Crippen molar-refractivity contribution in [3.05, 3.63) is 0 Å². The van der Waals surface area contributed by atoms with Crippen molar-refractivity contribution in [2.75, 3.05) is 13.2 Å². The van der Waals surface area contributed by atoms with Crippen molar-refractivity contribution in [1.82, 2.24) is 0 Å². The zero-order valence-electron chi connectivity index (χ0n) is 6.68. The molecule has 0 aromatic heterocycles. The molecule has 0 saturated heterocycles. The molecule has 1 rings (SSSR count). The molecule has 0 N–H and O–H groups in total. The second kappa shape index (κ2) is 2.48. The molecule has 0 bridgehead atoms. The van der Waals surface area contributed by atoms with Crippen LogP contribution < -0.4 is 0 Å².